The fourth-order valence-electron chi connectivity index (χ4n) is 7.11. The van der Waals surface area contributed by atoms with E-state index in [1.807, 2.05) is 0 Å². The molecule has 0 unspecified atom stereocenters. The van der Waals surface area contributed by atoms with Crippen LogP contribution in [0.25, 0.3) is 0 Å². The molecule has 0 bridgehead atoms. The van der Waals surface area contributed by atoms with Crippen LogP contribution in [0.5, 0.6) is 0 Å². The number of aliphatic hydroxyl groups is 12. The lowest BCUT2D eigenvalue weighted by molar-refractivity contribution is -0.300. The van der Waals surface area contributed by atoms with Gasteiger partial charge in [0.25, 0.3) is 0 Å². The van der Waals surface area contributed by atoms with Crippen LogP contribution in [-0.2, 0) is 58.9 Å². The summed E-state index contributed by atoms with van der Waals surface area (Å²) in [7, 11) is 0. The van der Waals surface area contributed by atoms with Crippen molar-refractivity contribution in [3.05, 3.63) is 35.9 Å². The number of esters is 1. The molecule has 67 heavy (non-hydrogen) atoms. The Balaban J connectivity index is 1.44. The van der Waals surface area contributed by atoms with Gasteiger partial charge in [-0.2, -0.15) is 0 Å². The average Bonchev–Trinajstić information content (AvgIpc) is 3.32. The van der Waals surface area contributed by atoms with Crippen molar-refractivity contribution in [2.75, 3.05) is 72.4 Å². The molecular weight excluding hydrogens is 904 g/mol. The third kappa shape index (κ3) is 16.5. The van der Waals surface area contributed by atoms with E-state index in [0.717, 1.165) is 4.90 Å². The standard InChI is InChI=1S/C40H64N4O23/c45-16-22-28(51)31(54)34(57)38(65-22)61-11-8-41-25(48)14-44(15-26(49)42-9-12-62-39-35(58)32(55)29(52)23(17-46)66-39)21(6-7-27(50)64-19-20-4-2-1-3-5-20)37(60)43-10-13-63-40-36(59)33(56)30(53)24(18-47)67-40/h1-5,21-24,28-36,38-40,45-47,51-59H,6-19H2,(H,41,48)(H,42,49)(H,43,60)/t21-,22+,23+,24+,28+,29+,30+,31-,32-,33-,34-,35-,36-,38-,39-,40-/m0/s1. The maximum Gasteiger partial charge on any atom is 0.306 e. The van der Waals surface area contributed by atoms with Crippen LogP contribution in [0.1, 0.15) is 18.4 Å². The molecule has 4 rings (SSSR count). The first-order valence-corrected chi connectivity index (χ1v) is 21.5. The lowest BCUT2D eigenvalue weighted by Gasteiger charge is -2.39. The highest BCUT2D eigenvalue weighted by Crippen LogP contribution is 2.24. The number of benzene rings is 1. The summed E-state index contributed by atoms with van der Waals surface area (Å²) >= 11 is 0. The van der Waals surface area contributed by atoms with Crippen molar-refractivity contribution in [2.24, 2.45) is 0 Å². The molecule has 3 aliphatic heterocycles. The van der Waals surface area contributed by atoms with Gasteiger partial charge >= 0.3 is 5.97 Å². The Labute approximate surface area is 383 Å². The second-order valence-corrected chi connectivity index (χ2v) is 15.8. The summed E-state index contributed by atoms with van der Waals surface area (Å²) in [6, 6.07) is 7.26. The van der Waals surface area contributed by atoms with Crippen LogP contribution in [0.4, 0.5) is 0 Å². The van der Waals surface area contributed by atoms with Gasteiger partial charge in [-0.25, -0.2) is 0 Å². The SMILES string of the molecule is O=C(CN(CC(=O)NCCO[C@H]1O[C@H](CO)[C@@H](O)[C@H](O)[C@@H]1O)[C@@H](CCC(=O)OCc1ccccc1)C(=O)NCCO[C@H]1O[C@H](CO)[C@@H](O)[C@H](O)[C@@H]1O)NCCO[C@H]1O[C@H](CO)[C@@H](O)[C@H](O)[C@@H]1O. The summed E-state index contributed by atoms with van der Waals surface area (Å²) in [6.45, 7) is -5.46. The first-order chi connectivity index (χ1) is 32.0. The molecule has 27 nitrogen and oxygen atoms in total. The van der Waals surface area contributed by atoms with Gasteiger partial charge in [0.15, 0.2) is 18.9 Å². The van der Waals surface area contributed by atoms with Crippen LogP contribution in [0.15, 0.2) is 30.3 Å². The van der Waals surface area contributed by atoms with Crippen molar-refractivity contribution >= 4 is 23.7 Å². The Bertz CT molecular complexity index is 1590. The van der Waals surface area contributed by atoms with E-state index < -0.39 is 161 Å². The predicted octanol–water partition coefficient (Wildman–Crippen LogP) is -9.02. The molecule has 3 heterocycles. The minimum Gasteiger partial charge on any atom is -0.461 e. The fraction of sp³-hybridized carbons (Fsp3) is 0.750. The molecule has 1 aromatic carbocycles. The zero-order valence-corrected chi connectivity index (χ0v) is 36.3. The lowest BCUT2D eigenvalue weighted by Crippen LogP contribution is -2.59. The second-order valence-electron chi connectivity index (χ2n) is 15.8. The molecule has 3 aliphatic rings. The maximum atomic E-state index is 13.9. The van der Waals surface area contributed by atoms with Gasteiger partial charge in [-0.15, -0.1) is 0 Å². The smallest absolute Gasteiger partial charge is 0.306 e. The Morgan fingerprint density at radius 2 is 0.940 bits per heavy atom. The van der Waals surface area contributed by atoms with Crippen LogP contribution in [0.3, 0.4) is 0 Å². The Hall–Kier alpha value is -3.66. The van der Waals surface area contributed by atoms with E-state index in [0.29, 0.717) is 5.56 Å². The molecule has 15 N–H and O–H groups in total. The molecule has 0 aliphatic carbocycles. The molecule has 3 saturated heterocycles. The van der Waals surface area contributed by atoms with Gasteiger partial charge in [0.1, 0.15) is 79.9 Å². The molecule has 1 aromatic rings. The number of hydrogen-bond donors (Lipinski definition) is 15. The van der Waals surface area contributed by atoms with E-state index in [2.05, 4.69) is 16.0 Å². The van der Waals surface area contributed by atoms with Gasteiger partial charge < -0.3 is 110 Å². The van der Waals surface area contributed by atoms with E-state index in [-0.39, 0.29) is 52.5 Å². The minimum atomic E-state index is -1.74. The van der Waals surface area contributed by atoms with Gasteiger partial charge in [0, 0.05) is 26.1 Å². The van der Waals surface area contributed by atoms with E-state index in [1.54, 1.807) is 30.3 Å². The van der Waals surface area contributed by atoms with Crippen molar-refractivity contribution in [1.29, 1.82) is 0 Å². The summed E-state index contributed by atoms with van der Waals surface area (Å²) < 4.78 is 37.6. The number of hydrogen-bond acceptors (Lipinski definition) is 24. The number of carbonyl (C=O) groups is 4. The number of ether oxygens (including phenoxy) is 7. The first kappa shape index (κ1) is 55.9. The van der Waals surface area contributed by atoms with E-state index in [1.165, 1.54) is 0 Å². The lowest BCUT2D eigenvalue weighted by atomic mass is 9.99. The fourth-order valence-corrected chi connectivity index (χ4v) is 7.11. The van der Waals surface area contributed by atoms with Gasteiger partial charge in [-0.05, 0) is 12.0 Å². The van der Waals surface area contributed by atoms with Crippen molar-refractivity contribution in [3.63, 3.8) is 0 Å². The largest absolute Gasteiger partial charge is 0.461 e. The normalized spacial score (nSPS) is 32.6. The first-order valence-electron chi connectivity index (χ1n) is 21.5. The monoisotopic (exact) mass is 968 g/mol. The summed E-state index contributed by atoms with van der Waals surface area (Å²) in [4.78, 5) is 54.9. The van der Waals surface area contributed by atoms with Crippen molar-refractivity contribution in [1.82, 2.24) is 20.9 Å². The molecule has 0 radical (unpaired) electrons. The Kier molecular flexibility index (Phi) is 23.5. The zero-order valence-electron chi connectivity index (χ0n) is 36.3. The summed E-state index contributed by atoms with van der Waals surface area (Å²) in [5.74, 6) is -3.14. The molecule has 0 spiro atoms. The Morgan fingerprint density at radius 1 is 0.552 bits per heavy atom. The molecule has 0 saturated carbocycles. The number of carbonyl (C=O) groups excluding carboxylic acids is 4. The quantitative estimate of drug-likeness (QED) is 0.0303. The van der Waals surface area contributed by atoms with Crippen molar-refractivity contribution in [3.8, 4) is 0 Å². The van der Waals surface area contributed by atoms with Crippen LogP contribution in [0.2, 0.25) is 0 Å². The van der Waals surface area contributed by atoms with Gasteiger partial charge in [-0.3, -0.25) is 24.1 Å². The number of aliphatic hydroxyl groups excluding tert-OH is 12. The second kappa shape index (κ2) is 28.1. The molecule has 16 atom stereocenters. The summed E-state index contributed by atoms with van der Waals surface area (Å²) in [5.41, 5.74) is 0.672. The third-order valence-electron chi connectivity index (χ3n) is 10.9. The zero-order chi connectivity index (χ0) is 49.2. The molecule has 0 aromatic heterocycles. The number of rotatable bonds is 26. The topological polar surface area (TPSA) is 415 Å². The minimum absolute atomic E-state index is 0.100. The van der Waals surface area contributed by atoms with Crippen molar-refractivity contribution < 1.29 is 114 Å². The predicted molar refractivity (Wildman–Crippen MR) is 219 cm³/mol. The Morgan fingerprint density at radius 3 is 1.33 bits per heavy atom. The van der Waals surface area contributed by atoms with Crippen LogP contribution < -0.4 is 16.0 Å². The third-order valence-corrected chi connectivity index (χ3v) is 10.9. The molecule has 3 amide bonds. The number of amides is 3. The van der Waals surface area contributed by atoms with E-state index in [9.17, 15) is 80.5 Å². The molecule has 382 valence electrons. The van der Waals surface area contributed by atoms with Crippen LogP contribution in [0, 0.1) is 0 Å². The highest BCUT2D eigenvalue weighted by molar-refractivity contribution is 5.86. The van der Waals surface area contributed by atoms with Crippen LogP contribution >= 0.6 is 0 Å². The van der Waals surface area contributed by atoms with Gasteiger partial charge in [-0.1, -0.05) is 30.3 Å². The van der Waals surface area contributed by atoms with Crippen molar-refractivity contribution in [2.45, 2.75) is 118 Å². The summed E-state index contributed by atoms with van der Waals surface area (Å²) in [6.07, 6.45) is -24.3. The molecule has 3 fully saturated rings. The molecular formula is C40H64N4O23. The van der Waals surface area contributed by atoms with E-state index in [4.69, 9.17) is 33.2 Å². The molecule has 27 heteroatoms. The van der Waals surface area contributed by atoms with Gasteiger partial charge in [0.2, 0.25) is 17.7 Å². The highest BCUT2D eigenvalue weighted by Gasteiger charge is 2.46. The summed E-state index contributed by atoms with van der Waals surface area (Å²) in [5, 5.41) is 127. The van der Waals surface area contributed by atoms with E-state index >= 15 is 0 Å². The maximum absolute atomic E-state index is 13.9. The average molecular weight is 969 g/mol. The number of nitrogens with zero attached hydrogens (tertiary/aromatic N) is 1. The van der Waals surface area contributed by atoms with Gasteiger partial charge in [0.05, 0.1) is 58.8 Å². The number of nitrogens with one attached hydrogen (secondary N) is 3. The highest BCUT2D eigenvalue weighted by atomic mass is 16.7. The van der Waals surface area contributed by atoms with Crippen LogP contribution in [-0.4, -0.2) is 260 Å².